The molecule has 0 saturated carbocycles. The summed E-state index contributed by atoms with van der Waals surface area (Å²) in [7, 11) is 0. The SMILES string of the molecule is CC(C)C[C@@H](NC(=O)[C@H](NC(=O)OCc1ccccc1)C(C)C)C(=O)O. The van der Waals surface area contributed by atoms with Crippen molar-refractivity contribution in [3.05, 3.63) is 35.9 Å². The van der Waals surface area contributed by atoms with E-state index in [-0.39, 0.29) is 18.4 Å². The van der Waals surface area contributed by atoms with Gasteiger partial charge in [0.2, 0.25) is 5.91 Å². The Labute approximate surface area is 154 Å². The van der Waals surface area contributed by atoms with Crippen LogP contribution in [0.2, 0.25) is 0 Å². The monoisotopic (exact) mass is 364 g/mol. The van der Waals surface area contributed by atoms with Crippen molar-refractivity contribution in [1.82, 2.24) is 10.6 Å². The number of hydrogen-bond acceptors (Lipinski definition) is 4. The molecule has 0 spiro atoms. The topological polar surface area (TPSA) is 105 Å². The zero-order valence-electron chi connectivity index (χ0n) is 15.7. The molecule has 1 aromatic carbocycles. The van der Waals surface area contributed by atoms with Gasteiger partial charge in [-0.2, -0.15) is 0 Å². The first-order chi connectivity index (χ1) is 12.2. The smallest absolute Gasteiger partial charge is 0.408 e. The van der Waals surface area contributed by atoms with E-state index >= 15 is 0 Å². The first-order valence-electron chi connectivity index (χ1n) is 8.71. The molecule has 0 saturated heterocycles. The Hall–Kier alpha value is -2.57. The van der Waals surface area contributed by atoms with Gasteiger partial charge in [0, 0.05) is 0 Å². The fourth-order valence-electron chi connectivity index (χ4n) is 2.38. The molecule has 1 aromatic rings. The number of carbonyl (C=O) groups is 3. The molecule has 0 heterocycles. The Morgan fingerprint density at radius 3 is 2.15 bits per heavy atom. The highest BCUT2D eigenvalue weighted by atomic mass is 16.5. The number of alkyl carbamates (subject to hydrolysis) is 1. The highest BCUT2D eigenvalue weighted by Crippen LogP contribution is 2.08. The van der Waals surface area contributed by atoms with Crippen LogP contribution in [0.1, 0.15) is 39.7 Å². The number of benzene rings is 1. The standard InChI is InChI=1S/C19H28N2O5/c1-12(2)10-15(18(23)24)20-17(22)16(13(3)4)21-19(25)26-11-14-8-6-5-7-9-14/h5-9,12-13,15-16H,10-11H2,1-4H3,(H,20,22)(H,21,25)(H,23,24)/t15-,16-/m1/s1. The van der Waals surface area contributed by atoms with Gasteiger partial charge >= 0.3 is 12.1 Å². The molecule has 26 heavy (non-hydrogen) atoms. The molecular formula is C19H28N2O5. The summed E-state index contributed by atoms with van der Waals surface area (Å²) in [5.41, 5.74) is 0.830. The number of nitrogens with one attached hydrogen (secondary N) is 2. The highest BCUT2D eigenvalue weighted by molar-refractivity contribution is 5.89. The Morgan fingerprint density at radius 1 is 1.04 bits per heavy atom. The summed E-state index contributed by atoms with van der Waals surface area (Å²) >= 11 is 0. The van der Waals surface area contributed by atoms with Crippen LogP contribution >= 0.6 is 0 Å². The van der Waals surface area contributed by atoms with Crippen molar-refractivity contribution in [2.75, 3.05) is 0 Å². The quantitative estimate of drug-likeness (QED) is 0.625. The maximum atomic E-state index is 12.4. The maximum absolute atomic E-state index is 12.4. The predicted octanol–water partition coefficient (Wildman–Crippen LogP) is 2.55. The lowest BCUT2D eigenvalue weighted by atomic mass is 10.0. The van der Waals surface area contributed by atoms with E-state index in [0.29, 0.717) is 6.42 Å². The van der Waals surface area contributed by atoms with Gasteiger partial charge < -0.3 is 20.5 Å². The van der Waals surface area contributed by atoms with Gasteiger partial charge in [-0.05, 0) is 23.8 Å². The van der Waals surface area contributed by atoms with Gasteiger partial charge in [0.25, 0.3) is 0 Å². The zero-order chi connectivity index (χ0) is 19.7. The van der Waals surface area contributed by atoms with Gasteiger partial charge in [0.15, 0.2) is 0 Å². The van der Waals surface area contributed by atoms with Crippen LogP contribution in [0.15, 0.2) is 30.3 Å². The second-order valence-electron chi connectivity index (χ2n) is 6.96. The molecule has 0 aliphatic heterocycles. The number of rotatable bonds is 9. The summed E-state index contributed by atoms with van der Waals surface area (Å²) in [4.78, 5) is 35.8. The molecule has 0 aliphatic carbocycles. The largest absolute Gasteiger partial charge is 0.480 e. The van der Waals surface area contributed by atoms with E-state index in [4.69, 9.17) is 4.74 Å². The van der Waals surface area contributed by atoms with Crippen LogP contribution in [-0.4, -0.2) is 35.2 Å². The van der Waals surface area contributed by atoms with Gasteiger partial charge in [0.05, 0.1) is 0 Å². The lowest BCUT2D eigenvalue weighted by Crippen LogP contribution is -2.54. The molecule has 1 rings (SSSR count). The van der Waals surface area contributed by atoms with Crippen molar-refractivity contribution in [2.45, 2.75) is 52.8 Å². The van der Waals surface area contributed by atoms with E-state index in [2.05, 4.69) is 10.6 Å². The Morgan fingerprint density at radius 2 is 1.65 bits per heavy atom. The summed E-state index contributed by atoms with van der Waals surface area (Å²) in [6.45, 7) is 7.37. The summed E-state index contributed by atoms with van der Waals surface area (Å²) in [6, 6.07) is 7.30. The van der Waals surface area contributed by atoms with Crippen LogP contribution in [0.3, 0.4) is 0 Å². The van der Waals surface area contributed by atoms with Crippen molar-refractivity contribution < 1.29 is 24.2 Å². The fraction of sp³-hybridized carbons (Fsp3) is 0.526. The molecule has 0 aromatic heterocycles. The minimum Gasteiger partial charge on any atom is -0.480 e. The van der Waals surface area contributed by atoms with Crippen LogP contribution in [0.25, 0.3) is 0 Å². The average molecular weight is 364 g/mol. The maximum Gasteiger partial charge on any atom is 0.408 e. The summed E-state index contributed by atoms with van der Waals surface area (Å²) in [6.07, 6.45) is -0.414. The van der Waals surface area contributed by atoms with Crippen LogP contribution in [0.5, 0.6) is 0 Å². The number of amides is 2. The molecule has 7 heteroatoms. The number of carbonyl (C=O) groups excluding carboxylic acids is 2. The molecule has 2 amide bonds. The van der Waals surface area contributed by atoms with E-state index in [9.17, 15) is 19.5 Å². The van der Waals surface area contributed by atoms with Crippen molar-refractivity contribution in [2.24, 2.45) is 11.8 Å². The third-order valence-corrected chi connectivity index (χ3v) is 3.76. The predicted molar refractivity (Wildman–Crippen MR) is 97.4 cm³/mol. The van der Waals surface area contributed by atoms with Crippen molar-refractivity contribution in [3.63, 3.8) is 0 Å². The van der Waals surface area contributed by atoms with E-state index in [0.717, 1.165) is 5.56 Å². The van der Waals surface area contributed by atoms with Crippen molar-refractivity contribution in [3.8, 4) is 0 Å². The number of aliphatic carboxylic acids is 1. The third-order valence-electron chi connectivity index (χ3n) is 3.76. The van der Waals surface area contributed by atoms with Gasteiger partial charge in [-0.25, -0.2) is 9.59 Å². The molecule has 2 atom stereocenters. The van der Waals surface area contributed by atoms with Crippen LogP contribution in [0, 0.1) is 11.8 Å². The van der Waals surface area contributed by atoms with Crippen LogP contribution in [-0.2, 0) is 20.9 Å². The zero-order valence-corrected chi connectivity index (χ0v) is 15.7. The van der Waals surface area contributed by atoms with Gasteiger partial charge in [-0.1, -0.05) is 58.0 Å². The number of carboxylic acid groups (broad SMARTS) is 1. The molecule has 144 valence electrons. The number of ether oxygens (including phenoxy) is 1. The summed E-state index contributed by atoms with van der Waals surface area (Å²) in [5.74, 6) is -1.75. The molecule has 0 radical (unpaired) electrons. The lowest BCUT2D eigenvalue weighted by Gasteiger charge is -2.24. The third kappa shape index (κ3) is 7.55. The summed E-state index contributed by atoms with van der Waals surface area (Å²) < 4.78 is 5.13. The van der Waals surface area contributed by atoms with E-state index in [1.807, 2.05) is 44.2 Å². The van der Waals surface area contributed by atoms with Gasteiger partial charge in [0.1, 0.15) is 18.7 Å². The van der Waals surface area contributed by atoms with Gasteiger partial charge in [-0.3, -0.25) is 4.79 Å². The average Bonchev–Trinajstić information content (AvgIpc) is 2.57. The second-order valence-corrected chi connectivity index (χ2v) is 6.96. The molecule has 0 unspecified atom stereocenters. The first-order valence-corrected chi connectivity index (χ1v) is 8.71. The van der Waals surface area contributed by atoms with Crippen LogP contribution in [0.4, 0.5) is 4.79 Å². The normalized spacial score (nSPS) is 13.2. The molecule has 0 bridgehead atoms. The molecule has 3 N–H and O–H groups in total. The number of carboxylic acids is 1. The van der Waals surface area contributed by atoms with Crippen molar-refractivity contribution in [1.29, 1.82) is 0 Å². The minimum atomic E-state index is -1.10. The summed E-state index contributed by atoms with van der Waals surface area (Å²) in [5, 5.41) is 14.3. The molecular weight excluding hydrogens is 336 g/mol. The lowest BCUT2D eigenvalue weighted by molar-refractivity contribution is -0.142. The van der Waals surface area contributed by atoms with Gasteiger partial charge in [-0.15, -0.1) is 0 Å². The van der Waals surface area contributed by atoms with Crippen LogP contribution < -0.4 is 10.6 Å². The Kier molecular flexibility index (Phi) is 8.61. The van der Waals surface area contributed by atoms with Crippen molar-refractivity contribution >= 4 is 18.0 Å². The van der Waals surface area contributed by atoms with E-state index in [1.165, 1.54) is 0 Å². The number of hydrogen-bond donors (Lipinski definition) is 3. The molecule has 0 fully saturated rings. The molecule has 0 aliphatic rings. The van der Waals surface area contributed by atoms with E-state index < -0.39 is 30.1 Å². The highest BCUT2D eigenvalue weighted by Gasteiger charge is 2.29. The van der Waals surface area contributed by atoms with E-state index in [1.54, 1.807) is 13.8 Å². The Balaban J connectivity index is 2.64. The first kappa shape index (κ1) is 21.5. The fourth-order valence-corrected chi connectivity index (χ4v) is 2.38. The second kappa shape index (κ2) is 10.4. The Bertz CT molecular complexity index is 601. The molecule has 7 nitrogen and oxygen atoms in total. The minimum absolute atomic E-state index is 0.0875.